The molecule has 0 radical (unpaired) electrons. The van der Waals surface area contributed by atoms with Crippen molar-refractivity contribution in [1.29, 1.82) is 0 Å². The van der Waals surface area contributed by atoms with Gasteiger partial charge in [-0.3, -0.25) is 0 Å². The van der Waals surface area contributed by atoms with Gasteiger partial charge >= 0.3 is 0 Å². The summed E-state index contributed by atoms with van der Waals surface area (Å²) >= 11 is 2.37. The number of rotatable bonds is 5. The van der Waals surface area contributed by atoms with Crippen LogP contribution in [0.4, 0.5) is 0 Å². The SMILES string of the molecule is CCCCOC1OC(c2ccccc2)=C(I)c2ccccc21. The molecule has 0 spiro atoms. The van der Waals surface area contributed by atoms with Gasteiger partial charge in [0.2, 0.25) is 6.29 Å². The summed E-state index contributed by atoms with van der Waals surface area (Å²) in [5.41, 5.74) is 3.41. The Morgan fingerprint density at radius 2 is 1.77 bits per heavy atom. The van der Waals surface area contributed by atoms with Crippen LogP contribution in [0.1, 0.15) is 42.7 Å². The van der Waals surface area contributed by atoms with E-state index in [2.05, 4.69) is 59.8 Å². The summed E-state index contributed by atoms with van der Waals surface area (Å²) in [6.07, 6.45) is 1.84. The Morgan fingerprint density at radius 1 is 1.05 bits per heavy atom. The summed E-state index contributed by atoms with van der Waals surface area (Å²) in [5, 5.41) is 0. The van der Waals surface area contributed by atoms with E-state index in [1.54, 1.807) is 0 Å². The first-order chi connectivity index (χ1) is 10.8. The molecule has 0 bridgehead atoms. The van der Waals surface area contributed by atoms with E-state index in [4.69, 9.17) is 9.47 Å². The van der Waals surface area contributed by atoms with Crippen molar-refractivity contribution in [1.82, 2.24) is 0 Å². The lowest BCUT2D eigenvalue weighted by Crippen LogP contribution is -2.15. The molecule has 1 aliphatic rings. The quantitative estimate of drug-likeness (QED) is 0.462. The van der Waals surface area contributed by atoms with Crippen molar-refractivity contribution in [2.45, 2.75) is 26.1 Å². The topological polar surface area (TPSA) is 18.5 Å². The second-order valence-corrected chi connectivity index (χ2v) is 6.35. The minimum Gasteiger partial charge on any atom is -0.459 e. The first kappa shape index (κ1) is 15.6. The highest BCUT2D eigenvalue weighted by Gasteiger charge is 2.27. The number of hydrogen-bond donors (Lipinski definition) is 0. The molecule has 2 aromatic carbocycles. The minimum absolute atomic E-state index is 0.323. The van der Waals surface area contributed by atoms with E-state index in [1.165, 1.54) is 5.56 Å². The van der Waals surface area contributed by atoms with E-state index in [0.29, 0.717) is 6.61 Å². The fourth-order valence-corrected chi connectivity index (χ4v) is 3.42. The molecule has 0 fully saturated rings. The van der Waals surface area contributed by atoms with Crippen molar-refractivity contribution in [2.75, 3.05) is 6.61 Å². The normalized spacial score (nSPS) is 17.1. The molecule has 1 atom stereocenters. The maximum Gasteiger partial charge on any atom is 0.227 e. The number of hydrogen-bond acceptors (Lipinski definition) is 2. The molecule has 0 saturated carbocycles. The lowest BCUT2D eigenvalue weighted by atomic mass is 10.0. The van der Waals surface area contributed by atoms with Crippen LogP contribution in [0.3, 0.4) is 0 Å². The zero-order chi connectivity index (χ0) is 15.4. The van der Waals surface area contributed by atoms with Crippen molar-refractivity contribution in [3.63, 3.8) is 0 Å². The molecule has 1 heterocycles. The van der Waals surface area contributed by atoms with Crippen LogP contribution in [0.25, 0.3) is 9.34 Å². The Hall–Kier alpha value is -1.33. The average molecular weight is 406 g/mol. The van der Waals surface area contributed by atoms with Crippen LogP contribution in [0.5, 0.6) is 0 Å². The molecule has 0 aromatic heterocycles. The Labute approximate surface area is 145 Å². The van der Waals surface area contributed by atoms with Gasteiger partial charge in [-0.25, -0.2) is 0 Å². The lowest BCUT2D eigenvalue weighted by molar-refractivity contribution is -0.102. The second kappa shape index (κ2) is 7.29. The van der Waals surface area contributed by atoms with Crippen molar-refractivity contribution in [2.24, 2.45) is 0 Å². The van der Waals surface area contributed by atoms with E-state index >= 15 is 0 Å². The van der Waals surface area contributed by atoms with Gasteiger partial charge in [-0.1, -0.05) is 67.9 Å². The van der Waals surface area contributed by atoms with Crippen molar-refractivity contribution in [3.05, 3.63) is 71.3 Å². The summed E-state index contributed by atoms with van der Waals surface area (Å²) in [7, 11) is 0. The molecule has 3 rings (SSSR count). The maximum absolute atomic E-state index is 6.21. The Balaban J connectivity index is 1.98. The Bertz CT molecular complexity index is 664. The van der Waals surface area contributed by atoms with Gasteiger partial charge in [0, 0.05) is 16.7 Å². The van der Waals surface area contributed by atoms with Gasteiger partial charge in [0.05, 0.1) is 10.2 Å². The molecule has 2 aromatic rings. The molecule has 1 aliphatic heterocycles. The van der Waals surface area contributed by atoms with Gasteiger partial charge in [-0.2, -0.15) is 0 Å². The fraction of sp³-hybridized carbons (Fsp3) is 0.263. The predicted molar refractivity (Wildman–Crippen MR) is 98.4 cm³/mol. The maximum atomic E-state index is 6.21. The molecular formula is C19H19IO2. The van der Waals surface area contributed by atoms with E-state index in [1.807, 2.05) is 24.3 Å². The monoisotopic (exact) mass is 406 g/mol. The smallest absolute Gasteiger partial charge is 0.227 e. The van der Waals surface area contributed by atoms with Gasteiger partial charge in [0.15, 0.2) is 0 Å². The van der Waals surface area contributed by atoms with Crippen LogP contribution in [-0.4, -0.2) is 6.61 Å². The highest BCUT2D eigenvalue weighted by Crippen LogP contribution is 2.44. The molecule has 0 N–H and O–H groups in total. The van der Waals surface area contributed by atoms with Gasteiger partial charge in [-0.05, 0) is 29.0 Å². The first-order valence-electron chi connectivity index (χ1n) is 7.64. The van der Waals surface area contributed by atoms with E-state index < -0.39 is 0 Å². The highest BCUT2D eigenvalue weighted by atomic mass is 127. The largest absolute Gasteiger partial charge is 0.459 e. The van der Waals surface area contributed by atoms with Crippen LogP contribution >= 0.6 is 22.6 Å². The van der Waals surface area contributed by atoms with Crippen molar-refractivity contribution >= 4 is 31.9 Å². The van der Waals surface area contributed by atoms with Crippen LogP contribution in [0.2, 0.25) is 0 Å². The summed E-state index contributed by atoms with van der Waals surface area (Å²) in [5.74, 6) is 0.904. The summed E-state index contributed by atoms with van der Waals surface area (Å²) in [6, 6.07) is 18.6. The average Bonchev–Trinajstić information content (AvgIpc) is 2.58. The zero-order valence-electron chi connectivity index (χ0n) is 12.6. The van der Waals surface area contributed by atoms with Gasteiger partial charge in [0.1, 0.15) is 5.76 Å². The van der Waals surface area contributed by atoms with E-state index in [0.717, 1.165) is 33.3 Å². The molecule has 1 unspecified atom stereocenters. The van der Waals surface area contributed by atoms with E-state index in [-0.39, 0.29) is 6.29 Å². The molecule has 0 aliphatic carbocycles. The number of benzene rings is 2. The molecule has 114 valence electrons. The number of halogens is 1. The summed E-state index contributed by atoms with van der Waals surface area (Å²) in [6.45, 7) is 2.88. The third-order valence-electron chi connectivity index (χ3n) is 3.68. The summed E-state index contributed by atoms with van der Waals surface area (Å²) in [4.78, 5) is 0. The zero-order valence-corrected chi connectivity index (χ0v) is 14.7. The third-order valence-corrected chi connectivity index (χ3v) is 4.75. The minimum atomic E-state index is -0.323. The summed E-state index contributed by atoms with van der Waals surface area (Å²) < 4.78 is 13.3. The molecular weight excluding hydrogens is 387 g/mol. The lowest BCUT2D eigenvalue weighted by Gasteiger charge is -2.29. The van der Waals surface area contributed by atoms with Crippen molar-refractivity contribution in [3.8, 4) is 0 Å². The Kier molecular flexibility index (Phi) is 5.16. The standard InChI is InChI=1S/C19H19IO2/c1-2-3-13-21-19-16-12-8-7-11-15(16)17(20)18(22-19)14-9-5-4-6-10-14/h4-12,19H,2-3,13H2,1H3. The number of ether oxygens (including phenoxy) is 2. The molecule has 0 amide bonds. The molecule has 2 nitrogen and oxygen atoms in total. The van der Waals surface area contributed by atoms with Crippen LogP contribution in [-0.2, 0) is 9.47 Å². The van der Waals surface area contributed by atoms with Gasteiger partial charge < -0.3 is 9.47 Å². The number of unbranched alkanes of at least 4 members (excludes halogenated alkanes) is 1. The van der Waals surface area contributed by atoms with Gasteiger partial charge in [0.25, 0.3) is 0 Å². The Morgan fingerprint density at radius 3 is 2.55 bits per heavy atom. The predicted octanol–water partition coefficient (Wildman–Crippen LogP) is 5.79. The second-order valence-electron chi connectivity index (χ2n) is 5.27. The van der Waals surface area contributed by atoms with Crippen molar-refractivity contribution < 1.29 is 9.47 Å². The molecule has 0 saturated heterocycles. The fourth-order valence-electron chi connectivity index (χ4n) is 2.49. The first-order valence-corrected chi connectivity index (χ1v) is 8.72. The van der Waals surface area contributed by atoms with Crippen LogP contribution in [0.15, 0.2) is 54.6 Å². The van der Waals surface area contributed by atoms with E-state index in [9.17, 15) is 0 Å². The third kappa shape index (κ3) is 3.20. The van der Waals surface area contributed by atoms with Crippen LogP contribution in [0, 0.1) is 0 Å². The molecule has 3 heteroatoms. The number of fused-ring (bicyclic) bond motifs is 1. The molecule has 22 heavy (non-hydrogen) atoms. The van der Waals surface area contributed by atoms with Gasteiger partial charge in [-0.15, -0.1) is 0 Å². The highest BCUT2D eigenvalue weighted by molar-refractivity contribution is 14.1. The van der Waals surface area contributed by atoms with Crippen LogP contribution < -0.4 is 0 Å².